The summed E-state index contributed by atoms with van der Waals surface area (Å²) < 4.78 is 43.0. The van der Waals surface area contributed by atoms with E-state index in [-0.39, 0.29) is 23.3 Å². The van der Waals surface area contributed by atoms with Gasteiger partial charge in [0.2, 0.25) is 10.0 Å². The molecule has 2 heterocycles. The number of benzene rings is 2. The number of unbranched alkanes of at least 4 members (excludes halogenated alkanes) is 1. The van der Waals surface area contributed by atoms with Crippen molar-refractivity contribution in [2.45, 2.75) is 83.3 Å². The molecule has 2 aromatic heterocycles. The Morgan fingerprint density at radius 2 is 1.87 bits per heavy atom. The van der Waals surface area contributed by atoms with Gasteiger partial charge in [0.1, 0.15) is 28.7 Å². The highest BCUT2D eigenvalue weighted by molar-refractivity contribution is 7.89. The van der Waals surface area contributed by atoms with E-state index in [2.05, 4.69) is 39.2 Å². The second-order valence-corrected chi connectivity index (χ2v) is 11.9. The van der Waals surface area contributed by atoms with Crippen LogP contribution in [0.15, 0.2) is 58.1 Å². The Morgan fingerprint density at radius 1 is 1.10 bits per heavy atom. The van der Waals surface area contributed by atoms with Crippen LogP contribution in [0.25, 0.3) is 16.8 Å². The second-order valence-electron chi connectivity index (χ2n) is 10.2. The van der Waals surface area contributed by atoms with Crippen molar-refractivity contribution in [3.8, 4) is 22.6 Å². The number of rotatable bonds is 11. The number of ether oxygens (including phenoxy) is 1. The molecule has 0 aliphatic heterocycles. The predicted octanol–water partition coefficient (Wildman–Crippen LogP) is 5.68. The smallest absolute Gasteiger partial charge is 0.244 e. The average molecular weight is 550 g/mol. The Labute approximate surface area is 229 Å². The van der Waals surface area contributed by atoms with E-state index in [9.17, 15) is 8.42 Å². The van der Waals surface area contributed by atoms with E-state index >= 15 is 0 Å². The lowest BCUT2D eigenvalue weighted by Crippen LogP contribution is -2.33. The molecular formula is C29H35N5O4S. The van der Waals surface area contributed by atoms with E-state index in [1.165, 1.54) is 5.56 Å². The number of aryl methyl sites for hydroxylation is 3. The molecule has 4 aromatic rings. The number of hydrogen-bond donors (Lipinski definition) is 1. The number of aromatic nitrogens is 4. The van der Waals surface area contributed by atoms with Crippen molar-refractivity contribution < 1.29 is 17.7 Å². The summed E-state index contributed by atoms with van der Waals surface area (Å²) in [4.78, 5) is 0.0851. The lowest BCUT2D eigenvalue weighted by molar-refractivity contribution is 0.293. The van der Waals surface area contributed by atoms with Gasteiger partial charge in [-0.1, -0.05) is 54.8 Å². The third-order valence-corrected chi connectivity index (χ3v) is 8.71. The van der Waals surface area contributed by atoms with Crippen molar-refractivity contribution in [3.63, 3.8) is 0 Å². The zero-order valence-corrected chi connectivity index (χ0v) is 23.5. The zero-order chi connectivity index (χ0) is 27.4. The Kier molecular flexibility index (Phi) is 8.13. The van der Waals surface area contributed by atoms with Crippen LogP contribution >= 0.6 is 0 Å². The van der Waals surface area contributed by atoms with Crippen molar-refractivity contribution in [2.24, 2.45) is 0 Å². The Hall–Kier alpha value is -3.50. The summed E-state index contributed by atoms with van der Waals surface area (Å²) in [6.45, 7) is 5.91. The lowest BCUT2D eigenvalue weighted by atomic mass is 10.0. The first kappa shape index (κ1) is 27.1. The molecule has 39 heavy (non-hydrogen) atoms. The molecule has 10 heteroatoms. The van der Waals surface area contributed by atoms with Gasteiger partial charge < -0.3 is 9.26 Å². The summed E-state index contributed by atoms with van der Waals surface area (Å²) in [5.74, 6) is 0.883. The molecule has 1 saturated carbocycles. The van der Waals surface area contributed by atoms with E-state index < -0.39 is 10.0 Å². The minimum Gasteiger partial charge on any atom is -0.486 e. The van der Waals surface area contributed by atoms with E-state index in [4.69, 9.17) is 9.26 Å². The van der Waals surface area contributed by atoms with Crippen LogP contribution < -0.4 is 9.46 Å². The molecule has 0 spiro atoms. The molecule has 9 nitrogen and oxygen atoms in total. The summed E-state index contributed by atoms with van der Waals surface area (Å²) in [6, 6.07) is 13.3. The minimum atomic E-state index is -3.83. The Bertz CT molecular complexity index is 1500. The lowest BCUT2D eigenvalue weighted by Gasteiger charge is -2.16. The van der Waals surface area contributed by atoms with Gasteiger partial charge in [0, 0.05) is 11.6 Å². The molecule has 1 fully saturated rings. The van der Waals surface area contributed by atoms with E-state index in [0.717, 1.165) is 56.2 Å². The fourth-order valence-electron chi connectivity index (χ4n) is 5.05. The first-order valence-electron chi connectivity index (χ1n) is 13.6. The molecule has 0 radical (unpaired) electrons. The molecule has 0 bridgehead atoms. The molecule has 206 valence electrons. The maximum atomic E-state index is 13.5. The third-order valence-electron chi connectivity index (χ3n) is 7.17. The van der Waals surface area contributed by atoms with Gasteiger partial charge in [-0.3, -0.25) is 0 Å². The van der Waals surface area contributed by atoms with Crippen molar-refractivity contribution in [1.29, 1.82) is 0 Å². The number of hydrogen-bond acceptors (Lipinski definition) is 7. The van der Waals surface area contributed by atoms with E-state index in [1.54, 1.807) is 23.0 Å². The standard InChI is InChI=1S/C29H35N5O4S/c1-4-5-8-22-11-14-26(15-12-22)34-18-25(30-33-34)19-37-27-16-13-23(29-20(2)31-38-21(29)3)17-28(27)39(35,36)32-24-9-6-7-10-24/h11-18,24,32H,4-10,19H2,1-3H3. The van der Waals surface area contributed by atoms with Crippen LogP contribution in [0.2, 0.25) is 0 Å². The summed E-state index contributed by atoms with van der Waals surface area (Å²) in [5, 5.41) is 12.5. The third kappa shape index (κ3) is 6.23. The topological polar surface area (TPSA) is 112 Å². The zero-order valence-electron chi connectivity index (χ0n) is 22.7. The van der Waals surface area contributed by atoms with Crippen LogP contribution in [0.4, 0.5) is 0 Å². The monoisotopic (exact) mass is 549 g/mol. The van der Waals surface area contributed by atoms with Crippen LogP contribution in [0, 0.1) is 13.8 Å². The Morgan fingerprint density at radius 3 is 2.56 bits per heavy atom. The first-order valence-corrected chi connectivity index (χ1v) is 15.1. The van der Waals surface area contributed by atoms with Crippen LogP contribution in [-0.2, 0) is 23.1 Å². The minimum absolute atomic E-state index is 0.0705. The van der Waals surface area contributed by atoms with Crippen LogP contribution in [0.5, 0.6) is 5.75 Å². The quantitative estimate of drug-likeness (QED) is 0.256. The van der Waals surface area contributed by atoms with Crippen molar-refractivity contribution in [2.75, 3.05) is 0 Å². The molecule has 0 unspecified atom stereocenters. The molecule has 0 amide bonds. The molecular weight excluding hydrogens is 514 g/mol. The van der Waals surface area contributed by atoms with Crippen molar-refractivity contribution in [1.82, 2.24) is 24.9 Å². The van der Waals surface area contributed by atoms with Gasteiger partial charge in [0.15, 0.2) is 0 Å². The molecule has 2 aromatic carbocycles. The molecule has 1 N–H and O–H groups in total. The highest BCUT2D eigenvalue weighted by Crippen LogP contribution is 2.34. The number of nitrogens with zero attached hydrogens (tertiary/aromatic N) is 4. The number of sulfonamides is 1. The van der Waals surface area contributed by atoms with Gasteiger partial charge in [0.25, 0.3) is 0 Å². The molecule has 5 rings (SSSR count). The Balaban J connectivity index is 1.38. The van der Waals surface area contributed by atoms with Gasteiger partial charge in [-0.05, 0) is 74.9 Å². The summed E-state index contributed by atoms with van der Waals surface area (Å²) >= 11 is 0. The number of nitrogens with one attached hydrogen (secondary N) is 1. The van der Waals surface area contributed by atoms with Gasteiger partial charge in [-0.25, -0.2) is 17.8 Å². The highest BCUT2D eigenvalue weighted by Gasteiger charge is 2.27. The van der Waals surface area contributed by atoms with Gasteiger partial charge in [-0.2, -0.15) is 0 Å². The first-order chi connectivity index (χ1) is 18.8. The van der Waals surface area contributed by atoms with Crippen LogP contribution in [0.3, 0.4) is 0 Å². The van der Waals surface area contributed by atoms with E-state index in [0.29, 0.717) is 22.7 Å². The van der Waals surface area contributed by atoms with E-state index in [1.807, 2.05) is 32.0 Å². The second kappa shape index (κ2) is 11.7. The van der Waals surface area contributed by atoms with Crippen LogP contribution in [0.1, 0.15) is 68.2 Å². The maximum Gasteiger partial charge on any atom is 0.244 e. The molecule has 0 atom stereocenters. The van der Waals surface area contributed by atoms with Crippen LogP contribution in [-0.4, -0.2) is 34.6 Å². The summed E-state index contributed by atoms with van der Waals surface area (Å²) in [6.07, 6.45) is 8.89. The average Bonchev–Trinajstić information content (AvgIpc) is 3.69. The molecule has 1 aliphatic carbocycles. The summed E-state index contributed by atoms with van der Waals surface area (Å²) in [7, 11) is -3.83. The molecule has 0 saturated heterocycles. The predicted molar refractivity (Wildman–Crippen MR) is 148 cm³/mol. The normalized spacial score (nSPS) is 14.2. The maximum absolute atomic E-state index is 13.5. The SMILES string of the molecule is CCCCc1ccc(-n2cc(COc3ccc(-c4c(C)noc4C)cc3S(=O)(=O)NC3CCCC3)nn2)cc1. The fraction of sp³-hybridized carbons (Fsp3) is 0.414. The largest absolute Gasteiger partial charge is 0.486 e. The summed E-state index contributed by atoms with van der Waals surface area (Å²) in [5.41, 5.74) is 4.97. The van der Waals surface area contributed by atoms with Gasteiger partial charge >= 0.3 is 0 Å². The molecule has 1 aliphatic rings. The highest BCUT2D eigenvalue weighted by atomic mass is 32.2. The van der Waals surface area contributed by atoms with Crippen molar-refractivity contribution in [3.05, 3.63) is 71.4 Å². The van der Waals surface area contributed by atoms with Crippen molar-refractivity contribution >= 4 is 10.0 Å². The van der Waals surface area contributed by atoms with Gasteiger partial charge in [0.05, 0.1) is 17.6 Å². The van der Waals surface area contributed by atoms with Gasteiger partial charge in [-0.15, -0.1) is 5.10 Å². The fourth-order valence-corrected chi connectivity index (χ4v) is 6.53.